The molecule has 1 aliphatic heterocycles. The van der Waals surface area contributed by atoms with Gasteiger partial charge in [0, 0.05) is 17.2 Å². The molecule has 0 aliphatic carbocycles. The number of hydrogen-bond donors (Lipinski definition) is 0. The van der Waals surface area contributed by atoms with Crippen LogP contribution in [0.5, 0.6) is 5.88 Å². The summed E-state index contributed by atoms with van der Waals surface area (Å²) < 4.78 is 2.92. The Kier molecular flexibility index (Phi) is 5.53. The minimum atomic E-state index is -0.544. The molecule has 7 heteroatoms. The first-order chi connectivity index (χ1) is 16.9. The highest BCUT2D eigenvalue weighted by atomic mass is 16.3. The van der Waals surface area contributed by atoms with E-state index in [0.29, 0.717) is 17.1 Å². The van der Waals surface area contributed by atoms with E-state index in [4.69, 9.17) is 0 Å². The number of pyridine rings is 1. The SMILES string of the molecule is CCc1ccc[n+](C2=C(c3c(C)nn(-c4ccccc4)c3[O-])C(=O)N(c3cccc(C)c3)C2=O)c1. The van der Waals surface area contributed by atoms with E-state index in [1.54, 1.807) is 48.0 Å². The second kappa shape index (κ2) is 8.68. The summed E-state index contributed by atoms with van der Waals surface area (Å²) in [6.45, 7) is 5.59. The Labute approximate surface area is 203 Å². The van der Waals surface area contributed by atoms with E-state index in [-0.39, 0.29) is 16.8 Å². The lowest BCUT2D eigenvalue weighted by molar-refractivity contribution is -0.577. The van der Waals surface area contributed by atoms with Gasteiger partial charge in [-0.15, -0.1) is 0 Å². The highest BCUT2D eigenvalue weighted by Gasteiger charge is 2.47. The first-order valence-electron chi connectivity index (χ1n) is 11.4. The summed E-state index contributed by atoms with van der Waals surface area (Å²) in [6, 6.07) is 20.0. The molecule has 2 amide bonds. The molecule has 7 nitrogen and oxygen atoms in total. The van der Waals surface area contributed by atoms with Gasteiger partial charge in [0.2, 0.25) is 0 Å². The molecular weight excluding hydrogens is 440 g/mol. The van der Waals surface area contributed by atoms with Crippen molar-refractivity contribution in [3.8, 4) is 11.6 Å². The van der Waals surface area contributed by atoms with Crippen LogP contribution < -0.4 is 14.6 Å². The number of aromatic nitrogens is 3. The molecule has 2 aromatic heterocycles. The number of para-hydroxylation sites is 1. The number of hydrogen-bond acceptors (Lipinski definition) is 4. The van der Waals surface area contributed by atoms with Crippen molar-refractivity contribution in [2.24, 2.45) is 0 Å². The lowest BCUT2D eigenvalue weighted by atomic mass is 10.0. The Morgan fingerprint density at radius 1 is 0.914 bits per heavy atom. The Hall–Kier alpha value is -4.52. The summed E-state index contributed by atoms with van der Waals surface area (Å²) in [7, 11) is 0. The minimum absolute atomic E-state index is 0.0550. The number of anilines is 1. The third kappa shape index (κ3) is 3.71. The highest BCUT2D eigenvalue weighted by Crippen LogP contribution is 2.38. The van der Waals surface area contributed by atoms with Crippen LogP contribution in [0.1, 0.15) is 29.3 Å². The maximum atomic E-state index is 13.9. The van der Waals surface area contributed by atoms with E-state index >= 15 is 0 Å². The summed E-state index contributed by atoms with van der Waals surface area (Å²) >= 11 is 0. The Morgan fingerprint density at radius 2 is 1.66 bits per heavy atom. The van der Waals surface area contributed by atoms with E-state index in [2.05, 4.69) is 5.10 Å². The number of imide groups is 1. The Bertz CT molecular complexity index is 1500. The van der Waals surface area contributed by atoms with Gasteiger partial charge in [-0.3, -0.25) is 9.59 Å². The third-order valence-electron chi connectivity index (χ3n) is 6.12. The quantitative estimate of drug-likeness (QED) is 0.335. The topological polar surface area (TPSA) is 82.1 Å². The van der Waals surface area contributed by atoms with Gasteiger partial charge in [0.05, 0.1) is 17.1 Å². The molecule has 0 N–H and O–H groups in total. The van der Waals surface area contributed by atoms with Crippen molar-refractivity contribution in [1.82, 2.24) is 9.78 Å². The fourth-order valence-electron chi connectivity index (χ4n) is 4.39. The number of nitrogens with zero attached hydrogens (tertiary/aromatic N) is 4. The molecule has 1 aliphatic rings. The predicted octanol–water partition coefficient (Wildman–Crippen LogP) is 3.35. The van der Waals surface area contributed by atoms with Crippen LogP contribution in [-0.4, -0.2) is 21.6 Å². The summed E-state index contributed by atoms with van der Waals surface area (Å²) in [5.74, 6) is -1.47. The largest absolute Gasteiger partial charge is 0.858 e. The van der Waals surface area contributed by atoms with Crippen LogP contribution in [0.3, 0.4) is 0 Å². The minimum Gasteiger partial charge on any atom is -0.858 e. The summed E-state index contributed by atoms with van der Waals surface area (Å²) in [5, 5.41) is 18.0. The van der Waals surface area contributed by atoms with Crippen molar-refractivity contribution < 1.29 is 19.3 Å². The normalized spacial score (nSPS) is 13.7. The van der Waals surface area contributed by atoms with Crippen molar-refractivity contribution in [2.75, 3.05) is 4.90 Å². The van der Waals surface area contributed by atoms with E-state index in [1.807, 2.05) is 56.4 Å². The molecular formula is C28H24N4O3. The number of benzene rings is 2. The average Bonchev–Trinajstić information content (AvgIpc) is 3.30. The van der Waals surface area contributed by atoms with Gasteiger partial charge in [-0.05, 0) is 62.0 Å². The third-order valence-corrected chi connectivity index (χ3v) is 6.12. The molecule has 4 aromatic rings. The Balaban J connectivity index is 1.76. The zero-order valence-corrected chi connectivity index (χ0v) is 19.7. The lowest BCUT2D eigenvalue weighted by Gasteiger charge is -2.16. The molecule has 0 fully saturated rings. The molecule has 2 aromatic carbocycles. The number of carbonyl (C=O) groups is 2. The maximum Gasteiger partial charge on any atom is 0.331 e. The van der Waals surface area contributed by atoms with Gasteiger partial charge in [0.25, 0.3) is 11.6 Å². The lowest BCUT2D eigenvalue weighted by Crippen LogP contribution is -2.40. The standard InChI is InChI=1S/C28H24N4O3/c1-4-20-11-9-15-30(17-20)25-24(26(33)31(28(25)35)22-14-8-10-18(2)16-22)23-19(3)29-32(27(23)34)21-12-6-5-7-13-21/h5-17H,4H2,1-3H3. The van der Waals surface area contributed by atoms with E-state index in [0.717, 1.165) is 22.4 Å². The van der Waals surface area contributed by atoms with Gasteiger partial charge in [-0.1, -0.05) is 37.3 Å². The first-order valence-corrected chi connectivity index (χ1v) is 11.4. The molecule has 0 radical (unpaired) electrons. The fraction of sp³-hybridized carbons (Fsp3) is 0.143. The van der Waals surface area contributed by atoms with Crippen molar-refractivity contribution >= 4 is 28.8 Å². The predicted molar refractivity (Wildman–Crippen MR) is 131 cm³/mol. The molecule has 5 rings (SSSR count). The van der Waals surface area contributed by atoms with Gasteiger partial charge in [0.1, 0.15) is 5.57 Å². The van der Waals surface area contributed by atoms with Crippen molar-refractivity contribution in [3.05, 3.63) is 102 Å². The zero-order valence-electron chi connectivity index (χ0n) is 19.7. The van der Waals surface area contributed by atoms with Gasteiger partial charge in [0.15, 0.2) is 12.4 Å². The van der Waals surface area contributed by atoms with Crippen LogP contribution in [0.4, 0.5) is 5.69 Å². The monoisotopic (exact) mass is 464 g/mol. The number of aryl methyl sites for hydroxylation is 3. The molecule has 0 spiro atoms. The van der Waals surface area contributed by atoms with Crippen LogP contribution in [0.2, 0.25) is 0 Å². The van der Waals surface area contributed by atoms with Crippen molar-refractivity contribution in [3.63, 3.8) is 0 Å². The van der Waals surface area contributed by atoms with Crippen LogP contribution in [0.15, 0.2) is 79.1 Å². The Morgan fingerprint density at radius 3 is 2.37 bits per heavy atom. The number of rotatable bonds is 5. The first kappa shape index (κ1) is 22.3. The summed E-state index contributed by atoms with van der Waals surface area (Å²) in [4.78, 5) is 28.8. The fourth-order valence-corrected chi connectivity index (χ4v) is 4.39. The second-order valence-corrected chi connectivity index (χ2v) is 8.49. The van der Waals surface area contributed by atoms with E-state index < -0.39 is 17.7 Å². The number of carbonyl (C=O) groups excluding carboxylic acids is 2. The van der Waals surface area contributed by atoms with Crippen LogP contribution in [-0.2, 0) is 16.0 Å². The van der Waals surface area contributed by atoms with Gasteiger partial charge in [-0.2, -0.15) is 9.67 Å². The highest BCUT2D eigenvalue weighted by molar-refractivity contribution is 6.53. The van der Waals surface area contributed by atoms with E-state index in [9.17, 15) is 14.7 Å². The summed E-state index contributed by atoms with van der Waals surface area (Å²) in [6.07, 6.45) is 4.30. The van der Waals surface area contributed by atoms with Gasteiger partial charge < -0.3 is 5.11 Å². The smallest absolute Gasteiger partial charge is 0.331 e. The van der Waals surface area contributed by atoms with Crippen LogP contribution in [0.25, 0.3) is 17.0 Å². The maximum absolute atomic E-state index is 13.9. The zero-order chi connectivity index (χ0) is 24.7. The molecule has 0 saturated heterocycles. The van der Waals surface area contributed by atoms with Gasteiger partial charge in [-0.25, -0.2) is 9.58 Å². The molecule has 0 saturated carbocycles. The molecule has 0 bridgehead atoms. The van der Waals surface area contributed by atoms with Crippen molar-refractivity contribution in [2.45, 2.75) is 27.2 Å². The number of amides is 2. The van der Waals surface area contributed by atoms with Crippen LogP contribution >= 0.6 is 0 Å². The summed E-state index contributed by atoms with van der Waals surface area (Å²) in [5.41, 5.74) is 3.66. The second-order valence-electron chi connectivity index (χ2n) is 8.49. The van der Waals surface area contributed by atoms with Crippen molar-refractivity contribution in [1.29, 1.82) is 0 Å². The molecule has 3 heterocycles. The average molecular weight is 465 g/mol. The molecule has 35 heavy (non-hydrogen) atoms. The van der Waals surface area contributed by atoms with Gasteiger partial charge >= 0.3 is 5.91 Å². The van der Waals surface area contributed by atoms with E-state index in [1.165, 1.54) is 4.68 Å². The molecule has 174 valence electrons. The molecule has 0 unspecified atom stereocenters. The molecule has 0 atom stereocenters. The van der Waals surface area contributed by atoms with Crippen LogP contribution in [0, 0.1) is 13.8 Å².